The SMILES string of the molecule is Cc1cc(N)nc(C)c1CNC(=O)c1ccc2c(c1)c1oc2c2ccc(Cc3cocn3)cc21. The van der Waals surface area contributed by atoms with Crippen LogP contribution >= 0.6 is 0 Å². The molecular weight excluding hydrogens is 428 g/mol. The number of pyridine rings is 1. The summed E-state index contributed by atoms with van der Waals surface area (Å²) in [6, 6.07) is 13.8. The van der Waals surface area contributed by atoms with Crippen molar-refractivity contribution in [2.24, 2.45) is 0 Å². The van der Waals surface area contributed by atoms with E-state index < -0.39 is 0 Å². The van der Waals surface area contributed by atoms with Gasteiger partial charge in [0.2, 0.25) is 0 Å². The predicted molar refractivity (Wildman–Crippen MR) is 131 cm³/mol. The highest BCUT2D eigenvalue weighted by molar-refractivity contribution is 6.25. The number of anilines is 1. The number of aryl methyl sites for hydroxylation is 2. The predicted octanol–water partition coefficient (Wildman–Crippen LogP) is 5.28. The molecule has 2 bridgehead atoms. The van der Waals surface area contributed by atoms with Crippen molar-refractivity contribution >= 4 is 44.4 Å². The molecule has 0 aliphatic heterocycles. The van der Waals surface area contributed by atoms with Crippen molar-refractivity contribution < 1.29 is 13.6 Å². The molecule has 0 aliphatic rings. The van der Waals surface area contributed by atoms with E-state index in [1.165, 1.54) is 6.39 Å². The van der Waals surface area contributed by atoms with Crippen LogP contribution in [0.1, 0.15) is 38.4 Å². The third kappa shape index (κ3) is 3.25. The Bertz CT molecular complexity index is 1660. The summed E-state index contributed by atoms with van der Waals surface area (Å²) in [5.74, 6) is 0.338. The van der Waals surface area contributed by atoms with Gasteiger partial charge in [-0.25, -0.2) is 9.97 Å². The van der Waals surface area contributed by atoms with E-state index in [9.17, 15) is 4.79 Å². The smallest absolute Gasteiger partial charge is 0.251 e. The third-order valence-corrected chi connectivity index (χ3v) is 6.42. The van der Waals surface area contributed by atoms with Crippen LogP contribution in [0.15, 0.2) is 64.0 Å². The summed E-state index contributed by atoms with van der Waals surface area (Å²) in [7, 11) is 0. The molecule has 0 radical (unpaired) electrons. The molecule has 7 nitrogen and oxygen atoms in total. The fourth-order valence-electron chi connectivity index (χ4n) is 4.73. The molecule has 0 spiro atoms. The van der Waals surface area contributed by atoms with Gasteiger partial charge in [0.15, 0.2) is 6.39 Å². The highest BCUT2D eigenvalue weighted by Crippen LogP contribution is 2.41. The van der Waals surface area contributed by atoms with Crippen molar-refractivity contribution in [3.63, 3.8) is 0 Å². The molecule has 1 amide bonds. The molecule has 6 rings (SSSR count). The zero-order chi connectivity index (χ0) is 23.4. The minimum Gasteiger partial charge on any atom is -0.455 e. The number of amides is 1. The van der Waals surface area contributed by atoms with Crippen molar-refractivity contribution in [1.82, 2.24) is 15.3 Å². The molecule has 3 N–H and O–H groups in total. The van der Waals surface area contributed by atoms with Crippen LogP contribution in [0.3, 0.4) is 0 Å². The first kappa shape index (κ1) is 20.2. The molecule has 168 valence electrons. The van der Waals surface area contributed by atoms with Crippen LogP contribution in [0.5, 0.6) is 0 Å². The number of hydrogen-bond donors (Lipinski definition) is 2. The number of furan rings is 2. The van der Waals surface area contributed by atoms with Gasteiger partial charge in [-0.2, -0.15) is 0 Å². The topological polar surface area (TPSA) is 107 Å². The number of nitrogen functional groups attached to an aromatic ring is 1. The van der Waals surface area contributed by atoms with E-state index in [1.54, 1.807) is 6.26 Å². The number of oxazole rings is 1. The average molecular weight is 450 g/mol. The summed E-state index contributed by atoms with van der Waals surface area (Å²) < 4.78 is 11.2. The molecule has 0 saturated heterocycles. The van der Waals surface area contributed by atoms with Crippen molar-refractivity contribution in [3.8, 4) is 0 Å². The molecule has 4 heterocycles. The average Bonchev–Trinajstić information content (AvgIpc) is 3.54. The lowest BCUT2D eigenvalue weighted by Crippen LogP contribution is -2.24. The van der Waals surface area contributed by atoms with Gasteiger partial charge >= 0.3 is 0 Å². The molecule has 0 saturated carbocycles. The van der Waals surface area contributed by atoms with Crippen molar-refractivity contribution in [2.75, 3.05) is 5.73 Å². The number of aromatic nitrogens is 2. The second-order valence-corrected chi connectivity index (χ2v) is 8.67. The number of nitrogens with two attached hydrogens (primary N) is 1. The van der Waals surface area contributed by atoms with Crippen molar-refractivity contribution in [3.05, 3.63) is 88.8 Å². The second kappa shape index (κ2) is 7.59. The third-order valence-electron chi connectivity index (χ3n) is 6.42. The lowest BCUT2D eigenvalue weighted by Gasteiger charge is -2.11. The first-order valence-electron chi connectivity index (χ1n) is 11.1. The summed E-state index contributed by atoms with van der Waals surface area (Å²) in [6.45, 7) is 4.26. The number of fused-ring (bicyclic) bond motifs is 8. The van der Waals surface area contributed by atoms with Gasteiger partial charge in [-0.05, 0) is 60.9 Å². The Hall–Kier alpha value is -4.39. The maximum absolute atomic E-state index is 13.0. The quantitative estimate of drug-likeness (QED) is 0.346. The maximum Gasteiger partial charge on any atom is 0.251 e. The number of rotatable bonds is 5. The Morgan fingerprint density at radius 2 is 1.76 bits per heavy atom. The molecule has 0 fully saturated rings. The molecule has 34 heavy (non-hydrogen) atoms. The zero-order valence-electron chi connectivity index (χ0n) is 18.8. The van der Waals surface area contributed by atoms with E-state index in [0.29, 0.717) is 24.3 Å². The summed E-state index contributed by atoms with van der Waals surface area (Å²) in [5.41, 5.74) is 12.8. The molecule has 4 aromatic heterocycles. The highest BCUT2D eigenvalue weighted by Gasteiger charge is 2.19. The van der Waals surface area contributed by atoms with Gasteiger partial charge < -0.3 is 19.9 Å². The Balaban J connectivity index is 1.32. The molecular formula is C27H22N4O3. The standard InChI is InChI=1S/C27H22N4O3/c1-14-7-24(28)31-15(2)23(14)11-29-27(32)17-4-6-20-22(10-17)26-21-9-16(8-18-12-33-13-30-18)3-5-19(21)25(20)34-26/h3-7,9-10,12-13H,8,11H2,1-2H3,(H2,28,31)(H,29,32). The largest absolute Gasteiger partial charge is 0.455 e. The summed E-state index contributed by atoms with van der Waals surface area (Å²) in [5, 5.41) is 7.08. The van der Waals surface area contributed by atoms with Crippen LogP contribution < -0.4 is 11.1 Å². The number of carbonyl (C=O) groups is 1. The molecule has 6 aromatic rings. The Morgan fingerprint density at radius 3 is 2.53 bits per heavy atom. The Kier molecular flexibility index (Phi) is 4.52. The van der Waals surface area contributed by atoms with Crippen LogP contribution in [0.4, 0.5) is 5.82 Å². The molecule has 0 atom stereocenters. The minimum absolute atomic E-state index is 0.146. The van der Waals surface area contributed by atoms with E-state index in [4.69, 9.17) is 14.6 Å². The lowest BCUT2D eigenvalue weighted by molar-refractivity contribution is 0.0951. The fourth-order valence-corrected chi connectivity index (χ4v) is 4.73. The first-order chi connectivity index (χ1) is 16.5. The summed E-state index contributed by atoms with van der Waals surface area (Å²) >= 11 is 0. The molecule has 2 aromatic carbocycles. The first-order valence-corrected chi connectivity index (χ1v) is 11.1. The lowest BCUT2D eigenvalue weighted by atomic mass is 9.99. The molecule has 0 unspecified atom stereocenters. The Labute approximate surface area is 194 Å². The van der Waals surface area contributed by atoms with Crippen LogP contribution in [0.2, 0.25) is 0 Å². The molecule has 0 aliphatic carbocycles. The van der Waals surface area contributed by atoms with Gasteiger partial charge in [-0.15, -0.1) is 0 Å². The Morgan fingerprint density at radius 1 is 1.00 bits per heavy atom. The van der Waals surface area contributed by atoms with E-state index >= 15 is 0 Å². The monoisotopic (exact) mass is 450 g/mol. The normalized spacial score (nSPS) is 11.7. The summed E-state index contributed by atoms with van der Waals surface area (Å²) in [4.78, 5) is 21.5. The van der Waals surface area contributed by atoms with Gasteiger partial charge in [0.1, 0.15) is 23.2 Å². The van der Waals surface area contributed by atoms with E-state index in [2.05, 4.69) is 33.5 Å². The van der Waals surface area contributed by atoms with Gasteiger partial charge in [0.25, 0.3) is 5.91 Å². The van der Waals surface area contributed by atoms with Gasteiger partial charge in [-0.1, -0.05) is 12.1 Å². The number of nitrogens with one attached hydrogen (secondary N) is 1. The van der Waals surface area contributed by atoms with Crippen LogP contribution in [-0.4, -0.2) is 15.9 Å². The second-order valence-electron chi connectivity index (χ2n) is 8.67. The molecule has 7 heteroatoms. The highest BCUT2D eigenvalue weighted by atomic mass is 16.3. The van der Waals surface area contributed by atoms with Gasteiger partial charge in [0.05, 0.1) is 5.69 Å². The van der Waals surface area contributed by atoms with E-state index in [-0.39, 0.29) is 5.91 Å². The summed E-state index contributed by atoms with van der Waals surface area (Å²) in [6.07, 6.45) is 3.77. The van der Waals surface area contributed by atoms with Crippen molar-refractivity contribution in [2.45, 2.75) is 26.8 Å². The van der Waals surface area contributed by atoms with Crippen molar-refractivity contribution in [1.29, 1.82) is 0 Å². The number of benzene rings is 3. The van der Waals surface area contributed by atoms with Crippen LogP contribution in [0.25, 0.3) is 32.7 Å². The maximum atomic E-state index is 13.0. The minimum atomic E-state index is -0.146. The van der Waals surface area contributed by atoms with Gasteiger partial charge in [-0.3, -0.25) is 4.79 Å². The fraction of sp³-hybridized carbons (Fsp3) is 0.148. The number of hydrogen-bond acceptors (Lipinski definition) is 6. The van der Waals surface area contributed by atoms with E-state index in [0.717, 1.165) is 60.8 Å². The van der Waals surface area contributed by atoms with Gasteiger partial charge in [0, 0.05) is 45.8 Å². The van der Waals surface area contributed by atoms with Crippen LogP contribution in [0, 0.1) is 13.8 Å². The number of nitrogens with zero attached hydrogens (tertiary/aromatic N) is 2. The van der Waals surface area contributed by atoms with Crippen LogP contribution in [-0.2, 0) is 13.0 Å². The van der Waals surface area contributed by atoms with E-state index in [1.807, 2.05) is 38.1 Å². The number of carbonyl (C=O) groups excluding carboxylic acids is 1. The zero-order valence-corrected chi connectivity index (χ0v) is 18.8.